The summed E-state index contributed by atoms with van der Waals surface area (Å²) in [7, 11) is 0. The fourth-order valence-corrected chi connectivity index (χ4v) is 7.48. The van der Waals surface area contributed by atoms with Gasteiger partial charge in [0.2, 0.25) is 0 Å². The van der Waals surface area contributed by atoms with Gasteiger partial charge in [0, 0.05) is 12.3 Å². The maximum atomic E-state index is 11.0. The Morgan fingerprint density at radius 2 is 1.82 bits per heavy atom. The highest BCUT2D eigenvalue weighted by Gasteiger charge is 2.69. The lowest BCUT2D eigenvalue weighted by Crippen LogP contribution is -2.59. The third-order valence-corrected chi connectivity index (χ3v) is 8.04. The van der Waals surface area contributed by atoms with Crippen LogP contribution < -0.4 is 0 Å². The fraction of sp³-hybridized carbons (Fsp3) is 1.00. The molecular formula is C14H19BrO2. The van der Waals surface area contributed by atoms with Crippen molar-refractivity contribution in [2.45, 2.75) is 54.7 Å². The van der Waals surface area contributed by atoms with Crippen molar-refractivity contribution in [2.75, 3.05) is 0 Å². The van der Waals surface area contributed by atoms with E-state index in [1.165, 1.54) is 32.1 Å². The van der Waals surface area contributed by atoms with E-state index in [-0.39, 0.29) is 10.4 Å². The monoisotopic (exact) mass is 298 g/mol. The van der Waals surface area contributed by atoms with Gasteiger partial charge in [-0.3, -0.25) is 0 Å². The topological polar surface area (TPSA) is 29.5 Å². The Hall–Kier alpha value is 0.400. The van der Waals surface area contributed by atoms with Crippen molar-refractivity contribution in [2.24, 2.45) is 29.6 Å². The maximum absolute atomic E-state index is 11.0. The minimum Gasteiger partial charge on any atom is -0.365 e. The highest BCUT2D eigenvalue weighted by atomic mass is 79.9. The summed E-state index contributed by atoms with van der Waals surface area (Å²) in [6.45, 7) is 0. The molecule has 4 aliphatic carbocycles. The number of hydrogen-bond acceptors (Lipinski definition) is 2. The van der Waals surface area contributed by atoms with Crippen LogP contribution in [0.1, 0.15) is 38.5 Å². The van der Waals surface area contributed by atoms with Gasteiger partial charge in [0.25, 0.3) is 0 Å². The molecule has 8 unspecified atom stereocenters. The Kier molecular flexibility index (Phi) is 1.67. The van der Waals surface area contributed by atoms with Gasteiger partial charge in [-0.1, -0.05) is 15.9 Å². The Bertz CT molecular complexity index is 398. The van der Waals surface area contributed by atoms with Crippen LogP contribution in [0.15, 0.2) is 0 Å². The van der Waals surface area contributed by atoms with Crippen LogP contribution in [0.4, 0.5) is 0 Å². The van der Waals surface area contributed by atoms with E-state index in [2.05, 4.69) is 15.9 Å². The minimum absolute atomic E-state index is 0.205. The Labute approximate surface area is 110 Å². The molecular weight excluding hydrogens is 280 g/mol. The molecule has 4 saturated carbocycles. The average Bonchev–Trinajstić information content (AvgIpc) is 2.45. The van der Waals surface area contributed by atoms with E-state index in [9.17, 15) is 5.11 Å². The summed E-state index contributed by atoms with van der Waals surface area (Å²) in [5, 5.41) is 11.0. The normalized spacial score (nSPS) is 70.9. The number of rotatable bonds is 0. The molecule has 0 radical (unpaired) electrons. The van der Waals surface area contributed by atoms with Gasteiger partial charge >= 0.3 is 0 Å². The molecule has 94 valence electrons. The zero-order valence-electron chi connectivity index (χ0n) is 9.94. The molecule has 0 aromatic heterocycles. The molecule has 1 N–H and O–H groups in total. The number of alkyl halides is 1. The van der Waals surface area contributed by atoms with E-state index < -0.39 is 5.79 Å². The zero-order valence-corrected chi connectivity index (χ0v) is 11.5. The number of halogens is 1. The second-order valence-electron chi connectivity index (χ2n) is 7.34. The van der Waals surface area contributed by atoms with Crippen LogP contribution in [0.3, 0.4) is 0 Å². The summed E-state index contributed by atoms with van der Waals surface area (Å²) in [5.74, 6) is 2.69. The first-order chi connectivity index (χ1) is 8.08. The molecule has 7 aliphatic rings. The van der Waals surface area contributed by atoms with Crippen LogP contribution in [-0.4, -0.2) is 21.3 Å². The smallest absolute Gasteiger partial charge is 0.169 e. The fourth-order valence-electron chi connectivity index (χ4n) is 6.22. The molecule has 8 atom stereocenters. The van der Waals surface area contributed by atoms with Crippen LogP contribution >= 0.6 is 15.9 Å². The summed E-state index contributed by atoms with van der Waals surface area (Å²) in [4.78, 5) is 0. The molecule has 8 bridgehead atoms. The first-order valence-corrected chi connectivity index (χ1v) is 7.97. The van der Waals surface area contributed by atoms with Crippen LogP contribution in [0.5, 0.6) is 0 Å². The third-order valence-electron chi connectivity index (χ3n) is 6.62. The molecule has 3 saturated heterocycles. The summed E-state index contributed by atoms with van der Waals surface area (Å²) in [6.07, 6.45) is 7.56. The number of hydrogen-bond donors (Lipinski definition) is 1. The molecule has 7 fully saturated rings. The van der Waals surface area contributed by atoms with Crippen LogP contribution in [0.25, 0.3) is 0 Å². The van der Waals surface area contributed by atoms with E-state index >= 15 is 0 Å². The highest BCUT2D eigenvalue weighted by Crippen LogP contribution is 2.69. The molecule has 7 rings (SSSR count). The molecule has 2 nitrogen and oxygen atoms in total. The predicted molar refractivity (Wildman–Crippen MR) is 66.6 cm³/mol. The van der Waals surface area contributed by atoms with E-state index in [0.717, 1.165) is 24.2 Å². The third kappa shape index (κ3) is 1.03. The number of ether oxygens (including phenoxy) is 1. The quantitative estimate of drug-likeness (QED) is 0.697. The lowest BCUT2D eigenvalue weighted by Gasteiger charge is -2.59. The van der Waals surface area contributed by atoms with Crippen LogP contribution in [-0.2, 0) is 4.74 Å². The molecule has 3 heteroatoms. The largest absolute Gasteiger partial charge is 0.365 e. The maximum Gasteiger partial charge on any atom is 0.169 e. The lowest BCUT2D eigenvalue weighted by molar-refractivity contribution is -0.270. The first-order valence-electron chi connectivity index (χ1n) is 7.17. The van der Waals surface area contributed by atoms with Crippen molar-refractivity contribution >= 4 is 15.9 Å². The van der Waals surface area contributed by atoms with Crippen molar-refractivity contribution in [3.8, 4) is 0 Å². The average molecular weight is 299 g/mol. The van der Waals surface area contributed by atoms with Gasteiger partial charge in [-0.2, -0.15) is 0 Å². The second kappa shape index (κ2) is 2.78. The van der Waals surface area contributed by atoms with E-state index in [0.29, 0.717) is 11.8 Å². The van der Waals surface area contributed by atoms with Crippen molar-refractivity contribution in [3.63, 3.8) is 0 Å². The van der Waals surface area contributed by atoms with Gasteiger partial charge in [0.15, 0.2) is 5.79 Å². The highest BCUT2D eigenvalue weighted by molar-refractivity contribution is 9.10. The van der Waals surface area contributed by atoms with Crippen molar-refractivity contribution in [1.29, 1.82) is 0 Å². The van der Waals surface area contributed by atoms with Gasteiger partial charge in [-0.25, -0.2) is 0 Å². The van der Waals surface area contributed by atoms with Crippen molar-refractivity contribution < 1.29 is 9.84 Å². The molecule has 3 aliphatic heterocycles. The molecule has 0 amide bonds. The van der Waals surface area contributed by atoms with Gasteiger partial charge in [0.05, 0.1) is 10.4 Å². The van der Waals surface area contributed by atoms with E-state index in [1.54, 1.807) is 0 Å². The summed E-state index contributed by atoms with van der Waals surface area (Å²) in [5.41, 5.74) is 0. The molecule has 17 heavy (non-hydrogen) atoms. The predicted octanol–water partition coefficient (Wildman–Crippen LogP) is 2.68. The molecule has 3 heterocycles. The van der Waals surface area contributed by atoms with Crippen molar-refractivity contribution in [1.82, 2.24) is 0 Å². The minimum atomic E-state index is -0.766. The standard InChI is InChI=1S/C14H19BrO2/c15-13-5-8-1-9-10(13)2-7-3-11(9)14(16,6-8)17-12(13)4-7/h7-12,16H,1-6H2. The van der Waals surface area contributed by atoms with Crippen LogP contribution in [0, 0.1) is 29.6 Å². The Balaban J connectivity index is 1.77. The molecule has 0 aromatic rings. The lowest BCUT2D eigenvalue weighted by atomic mass is 9.48. The van der Waals surface area contributed by atoms with Gasteiger partial charge in [0.1, 0.15) is 0 Å². The summed E-state index contributed by atoms with van der Waals surface area (Å²) < 4.78 is 6.47. The van der Waals surface area contributed by atoms with Gasteiger partial charge in [-0.05, 0) is 55.8 Å². The van der Waals surface area contributed by atoms with E-state index in [4.69, 9.17) is 4.74 Å². The van der Waals surface area contributed by atoms with Crippen molar-refractivity contribution in [3.05, 3.63) is 0 Å². The second-order valence-corrected chi connectivity index (χ2v) is 8.81. The first kappa shape index (κ1) is 10.2. The van der Waals surface area contributed by atoms with E-state index in [1.807, 2.05) is 0 Å². The Morgan fingerprint density at radius 3 is 2.71 bits per heavy atom. The Morgan fingerprint density at radius 1 is 1.00 bits per heavy atom. The van der Waals surface area contributed by atoms with Crippen LogP contribution in [0.2, 0.25) is 0 Å². The van der Waals surface area contributed by atoms with Gasteiger partial charge in [-0.15, -0.1) is 0 Å². The number of aliphatic hydroxyl groups is 1. The molecule has 0 aromatic carbocycles. The zero-order chi connectivity index (χ0) is 11.4. The van der Waals surface area contributed by atoms with Gasteiger partial charge < -0.3 is 9.84 Å². The molecule has 0 spiro atoms. The summed E-state index contributed by atoms with van der Waals surface area (Å²) in [6, 6.07) is 0. The SMILES string of the molecule is OC12CC3CC4C1CC1CC(O2)C(Br)(C3)C4C1. The summed E-state index contributed by atoms with van der Waals surface area (Å²) >= 11 is 4.08.